The van der Waals surface area contributed by atoms with Crippen LogP contribution in [0.5, 0.6) is 0 Å². The second-order valence-corrected chi connectivity index (χ2v) is 5.61. The van der Waals surface area contributed by atoms with Gasteiger partial charge in [0.05, 0.1) is 6.04 Å². The molecule has 3 heteroatoms. The van der Waals surface area contributed by atoms with Crippen LogP contribution in [0.4, 0.5) is 0 Å². The Labute approximate surface area is 123 Å². The summed E-state index contributed by atoms with van der Waals surface area (Å²) in [6.07, 6.45) is 1.05. The summed E-state index contributed by atoms with van der Waals surface area (Å²) in [6, 6.07) is 14.9. The number of hydrogen-bond acceptors (Lipinski definition) is 2. The fourth-order valence-corrected chi connectivity index (χ4v) is 2.61. The van der Waals surface area contributed by atoms with Crippen LogP contribution in [-0.2, 0) is 6.42 Å². The fraction of sp³-hybridized carbons (Fsp3) is 0.250. The van der Waals surface area contributed by atoms with Gasteiger partial charge in [-0.15, -0.1) is 0 Å². The lowest BCUT2D eigenvalue weighted by Crippen LogP contribution is -2.29. The first-order valence-electron chi connectivity index (χ1n) is 6.46. The first-order chi connectivity index (χ1) is 9.15. The molecule has 0 spiro atoms. The van der Waals surface area contributed by atoms with Crippen molar-refractivity contribution in [2.75, 3.05) is 0 Å². The zero-order chi connectivity index (χ0) is 13.8. The van der Waals surface area contributed by atoms with Crippen molar-refractivity contribution in [3.8, 4) is 0 Å². The quantitative estimate of drug-likeness (QED) is 0.663. The first-order valence-corrected chi connectivity index (χ1v) is 7.26. The minimum atomic E-state index is 0.0170. The molecule has 0 aliphatic carbocycles. The van der Waals surface area contributed by atoms with Gasteiger partial charge in [-0.25, -0.2) is 5.43 Å². The average Bonchev–Trinajstić information content (AvgIpc) is 2.44. The number of hydrazine groups is 1. The van der Waals surface area contributed by atoms with Gasteiger partial charge >= 0.3 is 0 Å². The predicted octanol–water partition coefficient (Wildman–Crippen LogP) is 3.87. The largest absolute Gasteiger partial charge is 0.271 e. The predicted molar refractivity (Wildman–Crippen MR) is 83.9 cm³/mol. The Morgan fingerprint density at radius 1 is 1.16 bits per heavy atom. The monoisotopic (exact) mass is 318 g/mol. The molecule has 0 heterocycles. The second-order valence-electron chi connectivity index (χ2n) is 4.70. The third-order valence-electron chi connectivity index (χ3n) is 3.44. The van der Waals surface area contributed by atoms with Crippen LogP contribution in [0, 0.1) is 6.92 Å². The van der Waals surface area contributed by atoms with E-state index in [1.165, 1.54) is 22.3 Å². The molecule has 0 saturated heterocycles. The minimum Gasteiger partial charge on any atom is -0.271 e. The highest BCUT2D eigenvalue weighted by Gasteiger charge is 2.14. The van der Waals surface area contributed by atoms with Crippen LogP contribution in [-0.4, -0.2) is 0 Å². The highest BCUT2D eigenvalue weighted by Crippen LogP contribution is 2.27. The van der Waals surface area contributed by atoms with Crippen LogP contribution < -0.4 is 11.3 Å². The molecule has 2 rings (SSSR count). The molecule has 2 aromatic rings. The summed E-state index contributed by atoms with van der Waals surface area (Å²) < 4.78 is 1.07. The van der Waals surface area contributed by atoms with Crippen LogP contribution in [0.2, 0.25) is 0 Å². The highest BCUT2D eigenvalue weighted by molar-refractivity contribution is 9.10. The number of rotatable bonds is 4. The van der Waals surface area contributed by atoms with E-state index in [-0.39, 0.29) is 6.04 Å². The molecule has 19 heavy (non-hydrogen) atoms. The molecular formula is C16H19BrN2. The average molecular weight is 319 g/mol. The fourth-order valence-electron chi connectivity index (χ4n) is 2.23. The Kier molecular flexibility index (Phi) is 4.75. The Morgan fingerprint density at radius 2 is 1.84 bits per heavy atom. The number of hydrogen-bond donors (Lipinski definition) is 2. The van der Waals surface area contributed by atoms with Gasteiger partial charge in [-0.3, -0.25) is 5.84 Å². The van der Waals surface area contributed by atoms with Gasteiger partial charge in [0.2, 0.25) is 0 Å². The molecule has 0 fully saturated rings. The lowest BCUT2D eigenvalue weighted by molar-refractivity contribution is 0.633. The second kappa shape index (κ2) is 6.33. The molecule has 0 aliphatic rings. The number of nitrogens with one attached hydrogen (secondary N) is 1. The van der Waals surface area contributed by atoms with E-state index in [1.54, 1.807) is 0 Å². The number of nitrogens with two attached hydrogens (primary N) is 1. The van der Waals surface area contributed by atoms with Crippen LogP contribution in [0.3, 0.4) is 0 Å². The maximum Gasteiger partial charge on any atom is 0.0713 e. The van der Waals surface area contributed by atoms with E-state index in [0.29, 0.717) is 0 Å². The maximum absolute atomic E-state index is 5.76. The van der Waals surface area contributed by atoms with Crippen molar-refractivity contribution in [1.29, 1.82) is 0 Å². The van der Waals surface area contributed by atoms with Crippen molar-refractivity contribution >= 4 is 15.9 Å². The van der Waals surface area contributed by atoms with E-state index >= 15 is 0 Å². The highest BCUT2D eigenvalue weighted by atomic mass is 79.9. The third-order valence-corrected chi connectivity index (χ3v) is 3.93. The van der Waals surface area contributed by atoms with Gasteiger partial charge in [0, 0.05) is 4.47 Å². The molecule has 3 N–H and O–H groups in total. The standard InChI is InChI=1S/C16H19BrN2/c1-3-12-5-7-13(8-6-12)16(19-18)15-10-14(17)9-4-11(15)2/h4-10,16,19H,3,18H2,1-2H3. The van der Waals surface area contributed by atoms with Crippen LogP contribution >= 0.6 is 15.9 Å². The molecule has 1 atom stereocenters. The maximum atomic E-state index is 5.76. The summed E-state index contributed by atoms with van der Waals surface area (Å²) in [5.74, 6) is 5.76. The van der Waals surface area contributed by atoms with Crippen LogP contribution in [0.15, 0.2) is 46.9 Å². The zero-order valence-corrected chi connectivity index (χ0v) is 12.9. The van der Waals surface area contributed by atoms with Crippen molar-refractivity contribution in [3.63, 3.8) is 0 Å². The van der Waals surface area contributed by atoms with Crippen LogP contribution in [0.1, 0.15) is 35.2 Å². The van der Waals surface area contributed by atoms with Gasteiger partial charge in [-0.1, -0.05) is 53.2 Å². The molecule has 2 nitrogen and oxygen atoms in total. The normalized spacial score (nSPS) is 12.4. The molecular weight excluding hydrogens is 300 g/mol. The number of halogens is 1. The first kappa shape index (κ1) is 14.3. The van der Waals surface area contributed by atoms with Gasteiger partial charge < -0.3 is 0 Å². The van der Waals surface area contributed by atoms with Crippen molar-refractivity contribution < 1.29 is 0 Å². The van der Waals surface area contributed by atoms with Crippen molar-refractivity contribution in [1.82, 2.24) is 5.43 Å². The van der Waals surface area contributed by atoms with E-state index in [0.717, 1.165) is 10.9 Å². The number of benzene rings is 2. The van der Waals surface area contributed by atoms with Gasteiger partial charge in [0.15, 0.2) is 0 Å². The summed E-state index contributed by atoms with van der Waals surface area (Å²) in [5, 5.41) is 0. The Morgan fingerprint density at radius 3 is 2.42 bits per heavy atom. The van der Waals surface area contributed by atoms with E-state index in [1.807, 2.05) is 6.07 Å². The number of aryl methyl sites for hydroxylation is 2. The molecule has 0 aliphatic heterocycles. The summed E-state index contributed by atoms with van der Waals surface area (Å²) in [5.41, 5.74) is 7.86. The molecule has 0 amide bonds. The SMILES string of the molecule is CCc1ccc(C(NN)c2cc(Br)ccc2C)cc1. The third kappa shape index (κ3) is 3.24. The minimum absolute atomic E-state index is 0.0170. The molecule has 100 valence electrons. The van der Waals surface area contributed by atoms with E-state index in [4.69, 9.17) is 5.84 Å². The Bertz CT molecular complexity index is 549. The summed E-state index contributed by atoms with van der Waals surface area (Å²) in [4.78, 5) is 0. The van der Waals surface area contributed by atoms with Crippen molar-refractivity contribution in [2.45, 2.75) is 26.3 Å². The summed E-state index contributed by atoms with van der Waals surface area (Å²) in [7, 11) is 0. The van der Waals surface area contributed by atoms with E-state index in [9.17, 15) is 0 Å². The van der Waals surface area contributed by atoms with E-state index < -0.39 is 0 Å². The zero-order valence-electron chi connectivity index (χ0n) is 11.3. The van der Waals surface area contributed by atoms with Gasteiger partial charge in [-0.05, 0) is 47.7 Å². The van der Waals surface area contributed by atoms with E-state index in [2.05, 4.69) is 71.6 Å². The molecule has 2 aromatic carbocycles. The van der Waals surface area contributed by atoms with Crippen molar-refractivity contribution in [3.05, 3.63) is 69.2 Å². The Balaban J connectivity index is 2.40. The van der Waals surface area contributed by atoms with Crippen molar-refractivity contribution in [2.24, 2.45) is 5.84 Å². The molecule has 0 saturated carbocycles. The van der Waals surface area contributed by atoms with Crippen LogP contribution in [0.25, 0.3) is 0 Å². The lowest BCUT2D eigenvalue weighted by atomic mass is 9.95. The summed E-state index contributed by atoms with van der Waals surface area (Å²) >= 11 is 3.52. The Hall–Kier alpha value is -1.16. The molecule has 1 unspecified atom stereocenters. The van der Waals surface area contributed by atoms with Gasteiger partial charge in [0.25, 0.3) is 0 Å². The molecule has 0 radical (unpaired) electrons. The lowest BCUT2D eigenvalue weighted by Gasteiger charge is -2.19. The molecule has 0 bridgehead atoms. The van der Waals surface area contributed by atoms with Gasteiger partial charge in [0.1, 0.15) is 0 Å². The van der Waals surface area contributed by atoms with Gasteiger partial charge in [-0.2, -0.15) is 0 Å². The molecule has 0 aromatic heterocycles. The topological polar surface area (TPSA) is 38.0 Å². The summed E-state index contributed by atoms with van der Waals surface area (Å²) in [6.45, 7) is 4.26. The smallest absolute Gasteiger partial charge is 0.0713 e.